The Morgan fingerprint density at radius 1 is 1.18 bits per heavy atom. The second-order valence-corrected chi connectivity index (χ2v) is 7.05. The van der Waals surface area contributed by atoms with Crippen LogP contribution in [0.2, 0.25) is 0 Å². The van der Waals surface area contributed by atoms with Crippen molar-refractivity contribution in [3.05, 3.63) is 0 Å². The quantitative estimate of drug-likeness (QED) is 0.763. The highest BCUT2D eigenvalue weighted by atomic mass is 32.2. The van der Waals surface area contributed by atoms with Crippen LogP contribution in [-0.2, 0) is 0 Å². The van der Waals surface area contributed by atoms with Crippen molar-refractivity contribution in [3.63, 3.8) is 0 Å². The van der Waals surface area contributed by atoms with E-state index in [1.54, 1.807) is 0 Å². The molecule has 100 valence electrons. The van der Waals surface area contributed by atoms with Crippen molar-refractivity contribution in [2.45, 2.75) is 51.0 Å². The number of quaternary nitrogens is 1. The second kappa shape index (κ2) is 9.17. The predicted octanol–water partition coefficient (Wildman–Crippen LogP) is 1.85. The molecule has 0 heterocycles. The van der Waals surface area contributed by atoms with Crippen LogP contribution in [-0.4, -0.2) is 36.8 Å². The lowest BCUT2D eigenvalue weighted by Gasteiger charge is -2.22. The van der Waals surface area contributed by atoms with E-state index in [0.717, 1.165) is 10.1 Å². The highest BCUT2D eigenvalue weighted by Crippen LogP contribution is 2.17. The van der Waals surface area contributed by atoms with Crippen LogP contribution in [0.3, 0.4) is 0 Å². The Morgan fingerprint density at radius 2 is 1.76 bits per heavy atom. The third-order valence-corrected chi connectivity index (χ3v) is 4.52. The third kappa shape index (κ3) is 8.01. The van der Waals surface area contributed by atoms with Gasteiger partial charge in [-0.05, 0) is 12.8 Å². The van der Waals surface area contributed by atoms with E-state index in [4.69, 9.17) is 12.2 Å². The van der Waals surface area contributed by atoms with Crippen LogP contribution in [0.25, 0.3) is 0 Å². The van der Waals surface area contributed by atoms with Gasteiger partial charge in [0, 0.05) is 11.8 Å². The smallest absolute Gasteiger partial charge is 0.134 e. The van der Waals surface area contributed by atoms with Crippen molar-refractivity contribution >= 4 is 28.3 Å². The molecule has 2 nitrogen and oxygen atoms in total. The number of thioether (sulfide) groups is 1. The number of hydrogen-bond donors (Lipinski definition) is 2. The van der Waals surface area contributed by atoms with E-state index < -0.39 is 0 Å². The summed E-state index contributed by atoms with van der Waals surface area (Å²) in [6, 6.07) is 0.641. The van der Waals surface area contributed by atoms with Crippen molar-refractivity contribution < 1.29 is 4.90 Å². The fourth-order valence-corrected chi connectivity index (χ4v) is 3.52. The summed E-state index contributed by atoms with van der Waals surface area (Å²) in [4.78, 5) is 1.49. The van der Waals surface area contributed by atoms with E-state index >= 15 is 0 Å². The van der Waals surface area contributed by atoms with Crippen LogP contribution in [0.1, 0.15) is 44.9 Å². The normalized spacial score (nSPS) is 18.8. The Kier molecular flexibility index (Phi) is 8.23. The molecule has 1 rings (SSSR count). The molecule has 2 N–H and O–H groups in total. The fourth-order valence-electron chi connectivity index (χ4n) is 2.16. The van der Waals surface area contributed by atoms with Crippen LogP contribution < -0.4 is 10.2 Å². The lowest BCUT2D eigenvalue weighted by molar-refractivity contribution is -0.855. The molecule has 0 atom stereocenters. The van der Waals surface area contributed by atoms with Crippen LogP contribution in [0.15, 0.2) is 0 Å². The van der Waals surface area contributed by atoms with Gasteiger partial charge in [-0.1, -0.05) is 56.1 Å². The Balaban J connectivity index is 2.14. The van der Waals surface area contributed by atoms with Gasteiger partial charge in [0.1, 0.15) is 4.32 Å². The van der Waals surface area contributed by atoms with E-state index in [2.05, 4.69) is 19.4 Å². The van der Waals surface area contributed by atoms with Gasteiger partial charge in [0.25, 0.3) is 0 Å². The molecule has 0 saturated heterocycles. The maximum atomic E-state index is 5.41. The number of hydrogen-bond acceptors (Lipinski definition) is 2. The van der Waals surface area contributed by atoms with Crippen molar-refractivity contribution in [2.24, 2.45) is 0 Å². The summed E-state index contributed by atoms with van der Waals surface area (Å²) in [5.74, 6) is 1.13. The zero-order valence-corrected chi connectivity index (χ0v) is 12.9. The molecule has 0 aromatic heterocycles. The van der Waals surface area contributed by atoms with Crippen LogP contribution in [0.5, 0.6) is 0 Å². The first-order valence-electron chi connectivity index (χ1n) is 6.91. The first-order valence-corrected chi connectivity index (χ1v) is 8.30. The van der Waals surface area contributed by atoms with E-state index in [0.29, 0.717) is 6.04 Å². The minimum atomic E-state index is 0.641. The summed E-state index contributed by atoms with van der Waals surface area (Å²) in [7, 11) is 4.37. The van der Waals surface area contributed by atoms with Gasteiger partial charge in [-0.3, -0.25) is 0 Å². The molecule has 0 aromatic carbocycles. The molecule has 1 aliphatic carbocycles. The summed E-state index contributed by atoms with van der Waals surface area (Å²) < 4.78 is 1.01. The molecule has 0 aliphatic heterocycles. The summed E-state index contributed by atoms with van der Waals surface area (Å²) in [6.07, 6.45) is 9.58. The molecule has 0 amide bonds. The average Bonchev–Trinajstić information content (AvgIpc) is 2.21. The average molecular weight is 276 g/mol. The van der Waals surface area contributed by atoms with E-state index in [9.17, 15) is 0 Å². The molecule has 0 radical (unpaired) electrons. The molecular formula is C13H27N2S2+. The maximum absolute atomic E-state index is 5.41. The van der Waals surface area contributed by atoms with Crippen molar-refractivity contribution in [1.82, 2.24) is 5.32 Å². The number of thiocarbonyl (C=S) groups is 1. The molecule has 1 aliphatic rings. The standard InChI is InChI=1S/C13H26N2S2/c1-15(2)10-11-17-13(16)14-12-8-6-4-3-5-7-9-12/h12H,3-11H2,1-2H3,(H,14,16)/p+1. The molecule has 0 bridgehead atoms. The number of rotatable bonds is 4. The van der Waals surface area contributed by atoms with Crippen LogP contribution in [0.4, 0.5) is 0 Å². The first kappa shape index (κ1) is 15.3. The van der Waals surface area contributed by atoms with Gasteiger partial charge in [-0.2, -0.15) is 0 Å². The number of nitrogens with one attached hydrogen (secondary N) is 2. The molecule has 0 aromatic rings. The molecule has 17 heavy (non-hydrogen) atoms. The topological polar surface area (TPSA) is 16.5 Å². The Labute approximate surface area is 116 Å². The summed E-state index contributed by atoms with van der Waals surface area (Å²) in [6.45, 7) is 1.18. The van der Waals surface area contributed by atoms with Gasteiger partial charge in [-0.15, -0.1) is 0 Å². The zero-order valence-electron chi connectivity index (χ0n) is 11.3. The summed E-state index contributed by atoms with van der Waals surface area (Å²) in [5, 5.41) is 3.55. The molecule has 1 saturated carbocycles. The van der Waals surface area contributed by atoms with Crippen molar-refractivity contribution in [3.8, 4) is 0 Å². The third-order valence-electron chi connectivity index (χ3n) is 3.26. The molecule has 4 heteroatoms. The Morgan fingerprint density at radius 3 is 2.35 bits per heavy atom. The van der Waals surface area contributed by atoms with E-state index in [-0.39, 0.29) is 0 Å². The highest BCUT2D eigenvalue weighted by molar-refractivity contribution is 8.22. The Bertz CT molecular complexity index is 211. The minimum absolute atomic E-state index is 0.641. The predicted molar refractivity (Wildman–Crippen MR) is 82.0 cm³/mol. The van der Waals surface area contributed by atoms with Crippen molar-refractivity contribution in [2.75, 3.05) is 26.4 Å². The fraction of sp³-hybridized carbons (Fsp3) is 0.923. The van der Waals surface area contributed by atoms with Gasteiger partial charge in [0.05, 0.1) is 20.6 Å². The van der Waals surface area contributed by atoms with Gasteiger partial charge in [0.2, 0.25) is 0 Å². The van der Waals surface area contributed by atoms with Gasteiger partial charge < -0.3 is 10.2 Å². The largest absolute Gasteiger partial charge is 0.368 e. The molecule has 0 spiro atoms. The lowest BCUT2D eigenvalue weighted by atomic mass is 9.97. The summed E-state index contributed by atoms with van der Waals surface area (Å²) in [5.41, 5.74) is 0. The van der Waals surface area contributed by atoms with E-state index in [1.165, 1.54) is 56.4 Å². The Hall–Kier alpha value is 0.200. The monoisotopic (exact) mass is 275 g/mol. The maximum Gasteiger partial charge on any atom is 0.134 e. The first-order chi connectivity index (χ1) is 8.18. The van der Waals surface area contributed by atoms with Crippen LogP contribution >= 0.6 is 24.0 Å². The summed E-state index contributed by atoms with van der Waals surface area (Å²) >= 11 is 7.22. The van der Waals surface area contributed by atoms with Crippen molar-refractivity contribution in [1.29, 1.82) is 0 Å². The van der Waals surface area contributed by atoms with E-state index in [1.807, 2.05) is 11.8 Å². The lowest BCUT2D eigenvalue weighted by Crippen LogP contribution is -3.06. The minimum Gasteiger partial charge on any atom is -0.368 e. The molecule has 1 fully saturated rings. The molecule has 0 unspecified atom stereocenters. The van der Waals surface area contributed by atoms with Gasteiger partial charge >= 0.3 is 0 Å². The second-order valence-electron chi connectivity index (χ2n) is 5.28. The van der Waals surface area contributed by atoms with Gasteiger partial charge in [-0.25, -0.2) is 0 Å². The highest BCUT2D eigenvalue weighted by Gasteiger charge is 2.12. The molecular weight excluding hydrogens is 248 g/mol. The SMILES string of the molecule is C[NH+](C)CCSC(=S)NC1CCCCCCC1. The van der Waals surface area contributed by atoms with Crippen LogP contribution in [0, 0.1) is 0 Å². The zero-order chi connectivity index (χ0) is 12.5. The van der Waals surface area contributed by atoms with Gasteiger partial charge in [0.15, 0.2) is 0 Å².